The van der Waals surface area contributed by atoms with E-state index in [9.17, 15) is 4.79 Å². The molecule has 2 rings (SSSR count). The van der Waals surface area contributed by atoms with Crippen LogP contribution in [0.2, 0.25) is 5.02 Å². The van der Waals surface area contributed by atoms with Crippen LogP contribution in [0.5, 0.6) is 0 Å². The van der Waals surface area contributed by atoms with E-state index in [-0.39, 0.29) is 11.8 Å². The van der Waals surface area contributed by atoms with Gasteiger partial charge in [0.05, 0.1) is 12.1 Å². The highest BCUT2D eigenvalue weighted by molar-refractivity contribution is 6.33. The summed E-state index contributed by atoms with van der Waals surface area (Å²) in [5, 5.41) is 4.50. The van der Waals surface area contributed by atoms with E-state index >= 15 is 0 Å². The lowest BCUT2D eigenvalue weighted by atomic mass is 10.1. The van der Waals surface area contributed by atoms with Gasteiger partial charge < -0.3 is 4.90 Å². The smallest absolute Gasteiger partial charge is 0.250 e. The SMILES string of the molecule is CN1C=CC(C(=O)N/N=C/c2ccccc2Cl)C=C1. The lowest BCUT2D eigenvalue weighted by Gasteiger charge is -2.15. The van der Waals surface area contributed by atoms with Crippen LogP contribution in [-0.2, 0) is 4.79 Å². The molecule has 1 aromatic carbocycles. The van der Waals surface area contributed by atoms with Gasteiger partial charge in [-0.25, -0.2) is 5.43 Å². The van der Waals surface area contributed by atoms with E-state index in [1.54, 1.807) is 18.2 Å². The molecule has 4 nitrogen and oxygen atoms in total. The molecule has 1 aliphatic rings. The van der Waals surface area contributed by atoms with Gasteiger partial charge in [0.15, 0.2) is 0 Å². The van der Waals surface area contributed by atoms with Crippen molar-refractivity contribution in [1.29, 1.82) is 0 Å². The molecule has 1 aromatic rings. The Balaban J connectivity index is 1.92. The third-order valence-corrected chi connectivity index (χ3v) is 2.99. The minimum Gasteiger partial charge on any atom is -0.358 e. The maximum atomic E-state index is 11.8. The quantitative estimate of drug-likeness (QED) is 0.680. The molecule has 19 heavy (non-hydrogen) atoms. The van der Waals surface area contributed by atoms with Crippen molar-refractivity contribution in [3.63, 3.8) is 0 Å². The zero-order valence-electron chi connectivity index (χ0n) is 10.5. The van der Waals surface area contributed by atoms with Crippen LogP contribution in [0.4, 0.5) is 0 Å². The molecular formula is C14H14ClN3O. The van der Waals surface area contributed by atoms with E-state index in [0.29, 0.717) is 5.02 Å². The van der Waals surface area contributed by atoms with E-state index < -0.39 is 0 Å². The second-order valence-electron chi connectivity index (χ2n) is 4.13. The summed E-state index contributed by atoms with van der Waals surface area (Å²) in [5.74, 6) is -0.469. The van der Waals surface area contributed by atoms with Gasteiger partial charge in [-0.3, -0.25) is 4.79 Å². The van der Waals surface area contributed by atoms with Gasteiger partial charge in [-0.15, -0.1) is 0 Å². The number of nitrogens with zero attached hydrogens (tertiary/aromatic N) is 2. The largest absolute Gasteiger partial charge is 0.358 e. The molecule has 0 spiro atoms. The van der Waals surface area contributed by atoms with Crippen LogP contribution in [0, 0.1) is 5.92 Å². The molecule has 0 unspecified atom stereocenters. The zero-order valence-corrected chi connectivity index (χ0v) is 11.2. The normalized spacial score (nSPS) is 15.2. The van der Waals surface area contributed by atoms with Crippen molar-refractivity contribution in [2.45, 2.75) is 0 Å². The van der Waals surface area contributed by atoms with Crippen LogP contribution in [-0.4, -0.2) is 24.1 Å². The van der Waals surface area contributed by atoms with Gasteiger partial charge in [0.2, 0.25) is 0 Å². The van der Waals surface area contributed by atoms with E-state index in [2.05, 4.69) is 10.5 Å². The van der Waals surface area contributed by atoms with Crippen LogP contribution in [0.25, 0.3) is 0 Å². The number of halogens is 1. The number of nitrogens with one attached hydrogen (secondary N) is 1. The first-order valence-electron chi connectivity index (χ1n) is 5.83. The lowest BCUT2D eigenvalue weighted by Crippen LogP contribution is -2.26. The van der Waals surface area contributed by atoms with E-state index in [4.69, 9.17) is 11.6 Å². The number of benzene rings is 1. The van der Waals surface area contributed by atoms with Crippen LogP contribution in [0.1, 0.15) is 5.56 Å². The van der Waals surface area contributed by atoms with Crippen LogP contribution < -0.4 is 5.43 Å². The van der Waals surface area contributed by atoms with Crippen molar-refractivity contribution in [1.82, 2.24) is 10.3 Å². The van der Waals surface area contributed by atoms with Gasteiger partial charge in [0.1, 0.15) is 0 Å². The predicted molar refractivity (Wildman–Crippen MR) is 76.7 cm³/mol. The Morgan fingerprint density at radius 1 is 1.37 bits per heavy atom. The monoisotopic (exact) mass is 275 g/mol. The summed E-state index contributed by atoms with van der Waals surface area (Å²) in [6.07, 6.45) is 8.81. The number of hydrazone groups is 1. The minimum absolute atomic E-state index is 0.177. The first-order chi connectivity index (χ1) is 9.16. The summed E-state index contributed by atoms with van der Waals surface area (Å²) in [6, 6.07) is 7.30. The Labute approximate surface area is 117 Å². The number of carbonyl (C=O) groups is 1. The minimum atomic E-state index is -0.292. The zero-order chi connectivity index (χ0) is 13.7. The first-order valence-corrected chi connectivity index (χ1v) is 6.20. The molecule has 1 amide bonds. The summed E-state index contributed by atoms with van der Waals surface area (Å²) in [4.78, 5) is 13.7. The molecule has 98 valence electrons. The summed E-state index contributed by atoms with van der Waals surface area (Å²) in [7, 11) is 1.90. The van der Waals surface area contributed by atoms with Gasteiger partial charge in [0.25, 0.3) is 5.91 Å². The van der Waals surface area contributed by atoms with Crippen LogP contribution >= 0.6 is 11.6 Å². The van der Waals surface area contributed by atoms with E-state index in [0.717, 1.165) is 5.56 Å². The van der Waals surface area contributed by atoms with Crippen LogP contribution in [0.15, 0.2) is 53.9 Å². The number of carbonyl (C=O) groups excluding carboxylic acids is 1. The Hall–Kier alpha value is -2.07. The third-order valence-electron chi connectivity index (χ3n) is 2.64. The molecular weight excluding hydrogens is 262 g/mol. The van der Waals surface area contributed by atoms with Crippen molar-refractivity contribution in [3.8, 4) is 0 Å². The molecule has 0 saturated heterocycles. The van der Waals surface area contributed by atoms with E-state index in [1.165, 1.54) is 6.21 Å². The molecule has 0 aromatic heterocycles. The molecule has 0 saturated carbocycles. The number of hydrogen-bond donors (Lipinski definition) is 1. The van der Waals surface area contributed by atoms with Crippen molar-refractivity contribution >= 4 is 23.7 Å². The summed E-state index contributed by atoms with van der Waals surface area (Å²) in [5.41, 5.74) is 3.26. The Morgan fingerprint density at radius 3 is 2.74 bits per heavy atom. The summed E-state index contributed by atoms with van der Waals surface area (Å²) >= 11 is 5.97. The third kappa shape index (κ3) is 3.69. The molecule has 0 radical (unpaired) electrons. The number of amides is 1. The average molecular weight is 276 g/mol. The van der Waals surface area contributed by atoms with Gasteiger partial charge in [0, 0.05) is 30.0 Å². The Bertz CT molecular complexity index is 537. The molecule has 0 bridgehead atoms. The van der Waals surface area contributed by atoms with Crippen molar-refractivity contribution in [3.05, 3.63) is 59.4 Å². The fourth-order valence-electron chi connectivity index (χ4n) is 1.57. The Morgan fingerprint density at radius 2 is 2.05 bits per heavy atom. The molecule has 5 heteroatoms. The van der Waals surface area contributed by atoms with Crippen molar-refractivity contribution in [2.24, 2.45) is 11.0 Å². The van der Waals surface area contributed by atoms with Gasteiger partial charge in [-0.1, -0.05) is 42.0 Å². The molecule has 1 aliphatic heterocycles. The van der Waals surface area contributed by atoms with Gasteiger partial charge >= 0.3 is 0 Å². The second kappa shape index (κ2) is 6.20. The molecule has 1 N–H and O–H groups in total. The number of hydrogen-bond acceptors (Lipinski definition) is 3. The number of rotatable bonds is 3. The molecule has 1 heterocycles. The van der Waals surface area contributed by atoms with E-state index in [1.807, 2.05) is 42.5 Å². The standard InChI is InChI=1S/C14H14ClN3O/c1-18-8-6-11(7-9-18)14(19)17-16-10-12-4-2-3-5-13(12)15/h2-11H,1H3,(H,17,19)/b16-10+. The topological polar surface area (TPSA) is 44.7 Å². The average Bonchev–Trinajstić information content (AvgIpc) is 2.41. The summed E-state index contributed by atoms with van der Waals surface area (Å²) in [6.45, 7) is 0. The highest BCUT2D eigenvalue weighted by Crippen LogP contribution is 2.12. The fraction of sp³-hybridized carbons (Fsp3) is 0.143. The molecule has 0 fully saturated rings. The van der Waals surface area contributed by atoms with Gasteiger partial charge in [-0.2, -0.15) is 5.10 Å². The highest BCUT2D eigenvalue weighted by Gasteiger charge is 2.13. The van der Waals surface area contributed by atoms with Crippen molar-refractivity contribution in [2.75, 3.05) is 7.05 Å². The predicted octanol–water partition coefficient (Wildman–Crippen LogP) is 2.38. The molecule has 0 aliphatic carbocycles. The summed E-state index contributed by atoms with van der Waals surface area (Å²) < 4.78 is 0. The Kier molecular flexibility index (Phi) is 4.36. The fourth-order valence-corrected chi connectivity index (χ4v) is 1.75. The first kappa shape index (κ1) is 13.4. The lowest BCUT2D eigenvalue weighted by molar-refractivity contribution is -0.122. The second-order valence-corrected chi connectivity index (χ2v) is 4.54. The maximum Gasteiger partial charge on any atom is 0.250 e. The maximum absolute atomic E-state index is 11.8. The van der Waals surface area contributed by atoms with Crippen LogP contribution in [0.3, 0.4) is 0 Å². The van der Waals surface area contributed by atoms with Gasteiger partial charge in [-0.05, 0) is 6.07 Å². The van der Waals surface area contributed by atoms with Crippen molar-refractivity contribution < 1.29 is 4.79 Å². The highest BCUT2D eigenvalue weighted by atomic mass is 35.5. The molecule has 0 atom stereocenters.